The van der Waals surface area contributed by atoms with Crippen LogP contribution in [0.4, 0.5) is 0 Å². The molecule has 0 aromatic heterocycles. The summed E-state index contributed by atoms with van der Waals surface area (Å²) in [5, 5.41) is 10.2. The molecule has 1 aliphatic heterocycles. The maximum Gasteiger partial charge on any atom is 0.119 e. The Labute approximate surface area is 140 Å². The van der Waals surface area contributed by atoms with Crippen molar-refractivity contribution in [2.45, 2.75) is 58.8 Å². The minimum atomic E-state index is -0.488. The van der Waals surface area contributed by atoms with E-state index in [1.165, 1.54) is 11.1 Å². The molecule has 0 aliphatic carbocycles. The molecule has 1 fully saturated rings. The molecule has 1 aliphatic rings. The molecule has 1 aromatic rings. The Morgan fingerprint density at radius 1 is 1.26 bits per heavy atom. The van der Waals surface area contributed by atoms with Crippen LogP contribution < -0.4 is 4.74 Å². The maximum atomic E-state index is 10.2. The zero-order chi connectivity index (χ0) is 17.0. The fourth-order valence-corrected chi connectivity index (χ4v) is 3.36. The fraction of sp³-hybridized carbons (Fsp3) is 0.684. The van der Waals surface area contributed by atoms with Crippen LogP contribution in [0.3, 0.4) is 0 Å². The average molecular weight is 321 g/mol. The van der Waals surface area contributed by atoms with Gasteiger partial charge in [0, 0.05) is 19.6 Å². The van der Waals surface area contributed by atoms with Crippen LogP contribution in [0.25, 0.3) is 0 Å². The lowest BCUT2D eigenvalue weighted by atomic mass is 9.98. The number of ether oxygens (including phenoxy) is 2. The molecule has 0 bridgehead atoms. The molecule has 4 nitrogen and oxygen atoms in total. The standard InChI is InChI=1S/C19H31NO3/c1-13(2)19-7-6-18(8-14(19)3)22-12-17(21)11-20-9-15(4)23-16(5)10-20/h6-8,13,15-17,21H,9-12H2,1-5H3/t15-,16+,17-/m0/s1. The molecule has 4 heteroatoms. The van der Waals surface area contributed by atoms with Crippen molar-refractivity contribution in [3.63, 3.8) is 0 Å². The molecule has 3 atom stereocenters. The summed E-state index contributed by atoms with van der Waals surface area (Å²) >= 11 is 0. The summed E-state index contributed by atoms with van der Waals surface area (Å²) in [7, 11) is 0. The number of nitrogens with zero attached hydrogens (tertiary/aromatic N) is 1. The zero-order valence-corrected chi connectivity index (χ0v) is 15.1. The van der Waals surface area contributed by atoms with Crippen molar-refractivity contribution < 1.29 is 14.6 Å². The van der Waals surface area contributed by atoms with Crippen molar-refractivity contribution in [1.82, 2.24) is 4.90 Å². The van der Waals surface area contributed by atoms with E-state index in [1.54, 1.807) is 0 Å². The molecule has 1 aromatic carbocycles. The van der Waals surface area contributed by atoms with Gasteiger partial charge in [-0.1, -0.05) is 19.9 Å². The van der Waals surface area contributed by atoms with Crippen LogP contribution >= 0.6 is 0 Å². The molecular formula is C19H31NO3. The maximum absolute atomic E-state index is 10.2. The van der Waals surface area contributed by atoms with Gasteiger partial charge in [-0.15, -0.1) is 0 Å². The molecule has 23 heavy (non-hydrogen) atoms. The van der Waals surface area contributed by atoms with Gasteiger partial charge >= 0.3 is 0 Å². The molecule has 1 N–H and O–H groups in total. The van der Waals surface area contributed by atoms with Crippen molar-refractivity contribution in [1.29, 1.82) is 0 Å². The van der Waals surface area contributed by atoms with E-state index >= 15 is 0 Å². The number of aliphatic hydroxyl groups excluding tert-OH is 1. The Bertz CT molecular complexity index is 493. The predicted octanol–water partition coefficient (Wildman–Crippen LogP) is 2.97. The highest BCUT2D eigenvalue weighted by atomic mass is 16.5. The van der Waals surface area contributed by atoms with Gasteiger partial charge in [0.1, 0.15) is 18.5 Å². The first-order valence-electron chi connectivity index (χ1n) is 8.64. The summed E-state index contributed by atoms with van der Waals surface area (Å²) < 4.78 is 11.5. The Morgan fingerprint density at radius 2 is 1.91 bits per heavy atom. The Morgan fingerprint density at radius 3 is 2.48 bits per heavy atom. The zero-order valence-electron chi connectivity index (χ0n) is 15.1. The summed E-state index contributed by atoms with van der Waals surface area (Å²) in [6.07, 6.45) is -0.0474. The van der Waals surface area contributed by atoms with Crippen molar-refractivity contribution in [2.24, 2.45) is 0 Å². The number of hydrogen-bond acceptors (Lipinski definition) is 4. The number of aliphatic hydroxyl groups is 1. The van der Waals surface area contributed by atoms with Crippen molar-refractivity contribution in [3.8, 4) is 5.75 Å². The molecule has 0 spiro atoms. The second-order valence-electron chi connectivity index (χ2n) is 7.11. The lowest BCUT2D eigenvalue weighted by Crippen LogP contribution is -2.48. The Balaban J connectivity index is 1.82. The molecule has 0 saturated carbocycles. The number of morpholine rings is 1. The van der Waals surface area contributed by atoms with Gasteiger partial charge in [0.2, 0.25) is 0 Å². The van der Waals surface area contributed by atoms with Gasteiger partial charge in [-0.3, -0.25) is 4.90 Å². The van der Waals surface area contributed by atoms with Crippen LogP contribution in [0.1, 0.15) is 44.7 Å². The van der Waals surface area contributed by atoms with E-state index in [4.69, 9.17) is 9.47 Å². The van der Waals surface area contributed by atoms with E-state index in [1.807, 2.05) is 6.07 Å². The highest BCUT2D eigenvalue weighted by Crippen LogP contribution is 2.23. The van der Waals surface area contributed by atoms with E-state index in [0.717, 1.165) is 18.8 Å². The van der Waals surface area contributed by atoms with E-state index < -0.39 is 6.10 Å². The van der Waals surface area contributed by atoms with Crippen LogP contribution in [-0.4, -0.2) is 54.6 Å². The van der Waals surface area contributed by atoms with E-state index in [0.29, 0.717) is 19.1 Å². The van der Waals surface area contributed by atoms with Gasteiger partial charge < -0.3 is 14.6 Å². The van der Waals surface area contributed by atoms with Crippen LogP contribution in [0, 0.1) is 6.92 Å². The van der Waals surface area contributed by atoms with E-state index in [9.17, 15) is 5.11 Å². The summed E-state index contributed by atoms with van der Waals surface area (Å²) in [5.74, 6) is 1.34. The van der Waals surface area contributed by atoms with Gasteiger partial charge in [-0.25, -0.2) is 0 Å². The molecule has 1 heterocycles. The minimum Gasteiger partial charge on any atom is -0.491 e. The van der Waals surface area contributed by atoms with Gasteiger partial charge in [0.05, 0.1) is 12.2 Å². The molecule has 1 saturated heterocycles. The molecule has 2 rings (SSSR count). The fourth-order valence-electron chi connectivity index (χ4n) is 3.36. The average Bonchev–Trinajstić information content (AvgIpc) is 2.43. The first-order valence-corrected chi connectivity index (χ1v) is 8.64. The summed E-state index contributed by atoms with van der Waals surface area (Å²) in [4.78, 5) is 2.25. The normalized spacial score (nSPS) is 24.0. The predicted molar refractivity (Wildman–Crippen MR) is 93.2 cm³/mol. The Hall–Kier alpha value is -1.10. The van der Waals surface area contributed by atoms with Crippen LogP contribution in [-0.2, 0) is 4.74 Å². The third-order valence-corrected chi connectivity index (χ3v) is 4.27. The van der Waals surface area contributed by atoms with Gasteiger partial charge in [0.25, 0.3) is 0 Å². The third kappa shape index (κ3) is 5.48. The smallest absolute Gasteiger partial charge is 0.119 e. The highest BCUT2D eigenvalue weighted by Gasteiger charge is 2.23. The summed E-state index contributed by atoms with van der Waals surface area (Å²) in [6.45, 7) is 13.3. The molecule has 0 unspecified atom stereocenters. The number of rotatable bonds is 6. The van der Waals surface area contributed by atoms with Crippen molar-refractivity contribution >= 4 is 0 Å². The second-order valence-corrected chi connectivity index (χ2v) is 7.11. The minimum absolute atomic E-state index is 0.220. The SMILES string of the molecule is Cc1cc(OC[C@@H](O)CN2C[C@@H](C)O[C@@H](C)C2)ccc1C(C)C. The third-order valence-electron chi connectivity index (χ3n) is 4.27. The highest BCUT2D eigenvalue weighted by molar-refractivity contribution is 5.36. The topological polar surface area (TPSA) is 41.9 Å². The molecule has 0 amide bonds. The van der Waals surface area contributed by atoms with E-state index in [-0.39, 0.29) is 12.2 Å². The second kappa shape index (κ2) is 8.13. The number of aryl methyl sites for hydroxylation is 1. The first-order chi connectivity index (χ1) is 10.8. The van der Waals surface area contributed by atoms with Crippen molar-refractivity contribution in [3.05, 3.63) is 29.3 Å². The first kappa shape index (κ1) is 18.2. The number of benzene rings is 1. The van der Waals surface area contributed by atoms with Crippen molar-refractivity contribution in [2.75, 3.05) is 26.2 Å². The quantitative estimate of drug-likeness (QED) is 0.875. The monoisotopic (exact) mass is 321 g/mol. The van der Waals surface area contributed by atoms with Crippen LogP contribution in [0.2, 0.25) is 0 Å². The van der Waals surface area contributed by atoms with E-state index in [2.05, 4.69) is 51.7 Å². The molecule has 0 radical (unpaired) electrons. The molecular weight excluding hydrogens is 290 g/mol. The van der Waals surface area contributed by atoms with Gasteiger partial charge in [0.15, 0.2) is 0 Å². The number of hydrogen-bond donors (Lipinski definition) is 1. The summed E-state index contributed by atoms with van der Waals surface area (Å²) in [5.41, 5.74) is 2.58. The van der Waals surface area contributed by atoms with Gasteiger partial charge in [-0.2, -0.15) is 0 Å². The van der Waals surface area contributed by atoms with Gasteiger partial charge in [-0.05, 0) is 49.9 Å². The summed E-state index contributed by atoms with van der Waals surface area (Å²) in [6, 6.07) is 6.17. The lowest BCUT2D eigenvalue weighted by Gasteiger charge is -2.36. The van der Waals surface area contributed by atoms with Crippen LogP contribution in [0.15, 0.2) is 18.2 Å². The molecule has 130 valence electrons. The largest absolute Gasteiger partial charge is 0.491 e. The number of β-amino-alcohol motifs (C(OH)–C–C–N with tert-alkyl or cyclic N) is 1. The lowest BCUT2D eigenvalue weighted by molar-refractivity contribution is -0.0786. The van der Waals surface area contributed by atoms with Crippen LogP contribution in [0.5, 0.6) is 5.75 Å². The Kier molecular flexibility index (Phi) is 6.45.